The van der Waals surface area contributed by atoms with Crippen molar-refractivity contribution in [3.63, 3.8) is 0 Å². The van der Waals surface area contributed by atoms with Crippen molar-refractivity contribution >= 4 is 29.1 Å². The van der Waals surface area contributed by atoms with E-state index >= 15 is 0 Å². The zero-order valence-electron chi connectivity index (χ0n) is 20.9. The molecule has 1 atom stereocenters. The smallest absolute Gasteiger partial charge is 0.252 e. The maximum absolute atomic E-state index is 14.2. The maximum Gasteiger partial charge on any atom is 0.252 e. The number of primary amides is 1. The third kappa shape index (κ3) is 6.00. The predicted molar refractivity (Wildman–Crippen MR) is 142 cm³/mol. The van der Waals surface area contributed by atoms with Crippen LogP contribution in [0.3, 0.4) is 0 Å². The van der Waals surface area contributed by atoms with Crippen LogP contribution in [0.15, 0.2) is 70.5 Å². The van der Waals surface area contributed by atoms with Gasteiger partial charge in [-0.25, -0.2) is 9.37 Å². The number of anilines is 1. The number of oxazole rings is 1. The van der Waals surface area contributed by atoms with E-state index in [4.69, 9.17) is 31.2 Å². The van der Waals surface area contributed by atoms with E-state index in [1.165, 1.54) is 55.8 Å². The van der Waals surface area contributed by atoms with Crippen molar-refractivity contribution in [2.45, 2.75) is 12.5 Å². The molecule has 202 valence electrons. The number of hydrogen-bond acceptors (Lipinski definition) is 7. The van der Waals surface area contributed by atoms with E-state index < -0.39 is 29.2 Å². The zero-order valence-corrected chi connectivity index (χ0v) is 21.7. The number of nitrogens with one attached hydrogen (secondary N) is 1. The van der Waals surface area contributed by atoms with Crippen LogP contribution in [0.1, 0.15) is 22.8 Å². The van der Waals surface area contributed by atoms with Crippen LogP contribution >= 0.6 is 11.6 Å². The summed E-state index contributed by atoms with van der Waals surface area (Å²) in [6.07, 6.45) is 4.35. The quantitative estimate of drug-likeness (QED) is 0.298. The van der Waals surface area contributed by atoms with E-state index in [0.717, 1.165) is 6.07 Å². The molecular weight excluding hydrogens is 531 g/mol. The number of carbonyl (C=O) groups excluding carboxylic acids is 2. The fraction of sp³-hybridized carbons (Fsp3) is 0.185. The minimum Gasteiger partial charge on any atom is -0.495 e. The van der Waals surface area contributed by atoms with Gasteiger partial charge in [-0.2, -0.15) is 0 Å². The third-order valence-electron chi connectivity index (χ3n) is 5.97. The number of benzene rings is 2. The number of rotatable bonds is 10. The molecule has 12 heteroatoms. The number of halogens is 2. The second-order valence-corrected chi connectivity index (χ2v) is 8.84. The number of ether oxygens (including phenoxy) is 2. The highest BCUT2D eigenvalue weighted by Gasteiger charge is 2.25. The van der Waals surface area contributed by atoms with Gasteiger partial charge in [0.05, 0.1) is 25.1 Å². The van der Waals surface area contributed by atoms with Crippen LogP contribution in [0.5, 0.6) is 5.75 Å². The predicted octanol–water partition coefficient (Wildman–Crippen LogP) is 4.29. The number of pyridine rings is 1. The molecule has 0 aliphatic carbocycles. The van der Waals surface area contributed by atoms with Crippen molar-refractivity contribution in [1.82, 2.24) is 9.55 Å². The molecule has 2 aromatic heterocycles. The van der Waals surface area contributed by atoms with Crippen LogP contribution in [-0.2, 0) is 9.53 Å². The number of methoxy groups -OCH3 is 2. The molecule has 2 aromatic carbocycles. The fourth-order valence-corrected chi connectivity index (χ4v) is 4.26. The summed E-state index contributed by atoms with van der Waals surface area (Å²) in [5, 5.41) is 3.00. The first-order valence-corrected chi connectivity index (χ1v) is 12.0. The summed E-state index contributed by atoms with van der Waals surface area (Å²) in [5.74, 6) is -1.70. The number of carbonyl (C=O) groups is 2. The highest BCUT2D eigenvalue weighted by atomic mass is 35.5. The number of nitrogens with two attached hydrogens (primary N) is 1. The molecule has 1 unspecified atom stereocenters. The summed E-state index contributed by atoms with van der Waals surface area (Å²) < 4.78 is 31.7. The van der Waals surface area contributed by atoms with Crippen LogP contribution in [0.2, 0.25) is 5.02 Å². The molecule has 0 radical (unpaired) electrons. The second kappa shape index (κ2) is 11.9. The Balaban J connectivity index is 1.75. The average molecular weight is 555 g/mol. The van der Waals surface area contributed by atoms with Gasteiger partial charge in [0.25, 0.3) is 11.5 Å². The van der Waals surface area contributed by atoms with Crippen molar-refractivity contribution < 1.29 is 27.9 Å². The molecule has 2 amide bonds. The molecule has 0 fully saturated rings. The van der Waals surface area contributed by atoms with Crippen LogP contribution in [-0.4, -0.2) is 42.2 Å². The van der Waals surface area contributed by atoms with Gasteiger partial charge in [-0.15, -0.1) is 0 Å². The Labute approximate surface area is 227 Å². The van der Waals surface area contributed by atoms with Gasteiger partial charge in [0.15, 0.2) is 12.2 Å². The first-order chi connectivity index (χ1) is 18.7. The molecule has 4 aromatic rings. The standard InChI is InChI=1S/C27H24ClFN4O6/c1-37-8-7-22(27(36)32-16-4-6-18(26(30)35)21(29)10-16)33-13-24(38-2)20(11-25(33)34)19-9-15(28)3-5-17(19)23-12-31-14-39-23/h3-6,9-14,22H,7-8H2,1-2H3,(H2,30,35)(H,32,36). The molecule has 39 heavy (non-hydrogen) atoms. The van der Waals surface area contributed by atoms with E-state index in [1.54, 1.807) is 18.2 Å². The van der Waals surface area contributed by atoms with Gasteiger partial charge in [-0.3, -0.25) is 19.0 Å². The minimum absolute atomic E-state index is 0.0807. The van der Waals surface area contributed by atoms with Crippen LogP contribution in [0.25, 0.3) is 22.5 Å². The fourth-order valence-electron chi connectivity index (χ4n) is 4.09. The highest BCUT2D eigenvalue weighted by Crippen LogP contribution is 2.38. The van der Waals surface area contributed by atoms with Crippen LogP contribution in [0.4, 0.5) is 10.1 Å². The molecule has 0 aliphatic rings. The first-order valence-electron chi connectivity index (χ1n) is 11.6. The Morgan fingerprint density at radius 3 is 2.59 bits per heavy atom. The monoisotopic (exact) mass is 554 g/mol. The number of aromatic nitrogens is 2. The number of hydrogen-bond donors (Lipinski definition) is 2. The number of amides is 2. The van der Waals surface area contributed by atoms with Gasteiger partial charge in [0.2, 0.25) is 5.91 Å². The van der Waals surface area contributed by atoms with Crippen LogP contribution < -0.4 is 21.3 Å². The van der Waals surface area contributed by atoms with Gasteiger partial charge in [0.1, 0.15) is 17.6 Å². The lowest BCUT2D eigenvalue weighted by Crippen LogP contribution is -2.34. The lowest BCUT2D eigenvalue weighted by molar-refractivity contribution is -0.119. The van der Waals surface area contributed by atoms with E-state index in [1.807, 2.05) is 0 Å². The Kier molecular flexibility index (Phi) is 8.43. The van der Waals surface area contributed by atoms with Crippen molar-refractivity contribution in [1.29, 1.82) is 0 Å². The molecule has 0 saturated heterocycles. The van der Waals surface area contributed by atoms with E-state index in [2.05, 4.69) is 10.3 Å². The van der Waals surface area contributed by atoms with Gasteiger partial charge in [0, 0.05) is 48.0 Å². The van der Waals surface area contributed by atoms with E-state index in [-0.39, 0.29) is 30.0 Å². The van der Waals surface area contributed by atoms with Gasteiger partial charge in [-0.1, -0.05) is 11.6 Å². The van der Waals surface area contributed by atoms with Gasteiger partial charge >= 0.3 is 0 Å². The topological polar surface area (TPSA) is 139 Å². The Morgan fingerprint density at radius 2 is 1.95 bits per heavy atom. The minimum atomic E-state index is -1.05. The Hall–Kier alpha value is -4.48. The van der Waals surface area contributed by atoms with Crippen molar-refractivity contribution in [3.05, 3.63) is 88.0 Å². The SMILES string of the molecule is COCCC(C(=O)Nc1ccc(C(N)=O)c(F)c1)n1cc(OC)c(-c2cc(Cl)ccc2-c2cnco2)cc1=O. The summed E-state index contributed by atoms with van der Waals surface area (Å²) in [4.78, 5) is 42.0. The van der Waals surface area contributed by atoms with E-state index in [0.29, 0.717) is 27.5 Å². The molecular formula is C27H24ClFN4O6. The number of nitrogens with zero attached hydrogens (tertiary/aromatic N) is 2. The summed E-state index contributed by atoms with van der Waals surface area (Å²) in [7, 11) is 2.89. The molecule has 3 N–H and O–H groups in total. The summed E-state index contributed by atoms with van der Waals surface area (Å²) in [6, 6.07) is 8.85. The third-order valence-corrected chi connectivity index (χ3v) is 6.20. The first kappa shape index (κ1) is 27.6. The van der Waals surface area contributed by atoms with Gasteiger partial charge in [-0.05, 0) is 42.0 Å². The Bertz CT molecular complexity index is 1570. The largest absolute Gasteiger partial charge is 0.495 e. The Morgan fingerprint density at radius 1 is 1.15 bits per heavy atom. The van der Waals surface area contributed by atoms with Gasteiger partial charge < -0.3 is 24.9 Å². The zero-order chi connectivity index (χ0) is 28.1. The molecule has 4 rings (SSSR count). The van der Waals surface area contributed by atoms with Crippen molar-refractivity contribution in [2.24, 2.45) is 5.73 Å². The maximum atomic E-state index is 14.2. The average Bonchev–Trinajstić information content (AvgIpc) is 3.44. The molecule has 0 bridgehead atoms. The molecule has 0 saturated carbocycles. The second-order valence-electron chi connectivity index (χ2n) is 8.40. The molecule has 10 nitrogen and oxygen atoms in total. The van der Waals surface area contributed by atoms with Crippen molar-refractivity contribution in [2.75, 3.05) is 26.1 Å². The summed E-state index contributed by atoms with van der Waals surface area (Å²) >= 11 is 6.27. The summed E-state index contributed by atoms with van der Waals surface area (Å²) in [6.45, 7) is 0.146. The van der Waals surface area contributed by atoms with E-state index in [9.17, 15) is 18.8 Å². The molecule has 2 heterocycles. The normalized spacial score (nSPS) is 11.7. The lowest BCUT2D eigenvalue weighted by Gasteiger charge is -2.21. The lowest BCUT2D eigenvalue weighted by atomic mass is 9.98. The molecule has 0 aliphatic heterocycles. The molecule has 0 spiro atoms. The highest BCUT2D eigenvalue weighted by molar-refractivity contribution is 6.31. The van der Waals surface area contributed by atoms with Crippen molar-refractivity contribution in [3.8, 4) is 28.2 Å². The summed E-state index contributed by atoms with van der Waals surface area (Å²) in [5.41, 5.74) is 6.00. The van der Waals surface area contributed by atoms with Crippen LogP contribution in [0, 0.1) is 5.82 Å².